The monoisotopic (exact) mass is 313 g/mol. The molecule has 6 heteroatoms. The van der Waals surface area contributed by atoms with E-state index in [0.29, 0.717) is 6.54 Å². The molecule has 0 aliphatic carbocycles. The minimum Gasteiger partial charge on any atom is -0.497 e. The van der Waals surface area contributed by atoms with Crippen molar-refractivity contribution in [3.8, 4) is 11.5 Å². The Balaban J connectivity index is 2.22. The van der Waals surface area contributed by atoms with Crippen LogP contribution in [0.3, 0.4) is 0 Å². The van der Waals surface area contributed by atoms with Crippen LogP contribution in [0.15, 0.2) is 18.2 Å². The minimum absolute atomic E-state index is 0.190. The molecule has 2 rings (SSSR count). The van der Waals surface area contributed by atoms with Gasteiger partial charge in [0.2, 0.25) is 0 Å². The maximum Gasteiger partial charge on any atom is 0.148 e. The maximum absolute atomic E-state index is 11.4. The quantitative estimate of drug-likeness (QED) is 0.803. The summed E-state index contributed by atoms with van der Waals surface area (Å²) in [6, 6.07) is 5.96. The lowest BCUT2D eigenvalue weighted by Gasteiger charge is -2.26. The van der Waals surface area contributed by atoms with Crippen LogP contribution in [-0.4, -0.2) is 52.6 Å². The van der Waals surface area contributed by atoms with Crippen LogP contribution in [-0.2, 0) is 9.84 Å². The number of benzene rings is 1. The molecule has 1 saturated heterocycles. The third kappa shape index (κ3) is 4.11. The molecule has 5 nitrogen and oxygen atoms in total. The predicted octanol–water partition coefficient (Wildman–Crippen LogP) is 1.89. The van der Waals surface area contributed by atoms with Crippen LogP contribution in [0, 0.1) is 0 Å². The number of sulfone groups is 1. The average molecular weight is 313 g/mol. The second-order valence-corrected chi connectivity index (χ2v) is 7.69. The predicted molar refractivity (Wildman–Crippen MR) is 82.8 cm³/mol. The number of rotatable bonds is 6. The van der Waals surface area contributed by atoms with E-state index in [2.05, 4.69) is 4.90 Å². The van der Waals surface area contributed by atoms with Gasteiger partial charge in [0.15, 0.2) is 0 Å². The standard InChI is InChI=1S/C15H23NO4S/c1-19-12-6-7-15(20-2)13(11-12)14-5-4-8-16(14)9-10-21(3,17)18/h6-7,11,14H,4-5,8-10H2,1-3H3/t14-/m1/s1. The highest BCUT2D eigenvalue weighted by Crippen LogP contribution is 2.38. The fourth-order valence-corrected chi connectivity index (χ4v) is 3.40. The van der Waals surface area contributed by atoms with Crippen molar-refractivity contribution in [1.29, 1.82) is 0 Å². The zero-order chi connectivity index (χ0) is 15.5. The Labute approximate surface area is 126 Å². The molecule has 118 valence electrons. The van der Waals surface area contributed by atoms with Crippen LogP contribution in [0.1, 0.15) is 24.4 Å². The van der Waals surface area contributed by atoms with Gasteiger partial charge in [-0.3, -0.25) is 4.90 Å². The van der Waals surface area contributed by atoms with Crippen LogP contribution in [0.5, 0.6) is 11.5 Å². The molecule has 1 aromatic rings. The van der Waals surface area contributed by atoms with E-state index in [4.69, 9.17) is 9.47 Å². The van der Waals surface area contributed by atoms with E-state index in [1.54, 1.807) is 14.2 Å². The molecule has 0 N–H and O–H groups in total. The highest BCUT2D eigenvalue weighted by Gasteiger charge is 2.29. The summed E-state index contributed by atoms with van der Waals surface area (Å²) in [5.41, 5.74) is 1.07. The van der Waals surface area contributed by atoms with Crippen LogP contribution < -0.4 is 9.47 Å². The smallest absolute Gasteiger partial charge is 0.148 e. The summed E-state index contributed by atoms with van der Waals surface area (Å²) in [6.07, 6.45) is 3.35. The van der Waals surface area contributed by atoms with Gasteiger partial charge in [0.25, 0.3) is 0 Å². The van der Waals surface area contributed by atoms with E-state index in [1.165, 1.54) is 6.26 Å². The second-order valence-electron chi connectivity index (χ2n) is 5.43. The third-order valence-electron chi connectivity index (χ3n) is 3.91. The molecular formula is C15H23NO4S. The minimum atomic E-state index is -2.94. The van der Waals surface area contributed by atoms with E-state index in [1.807, 2.05) is 18.2 Å². The first-order chi connectivity index (χ1) is 9.94. The molecule has 1 aliphatic rings. The Hall–Kier alpha value is -1.27. The van der Waals surface area contributed by atoms with E-state index in [0.717, 1.165) is 36.4 Å². The Kier molecular flexibility index (Phi) is 5.11. The van der Waals surface area contributed by atoms with Crippen molar-refractivity contribution in [2.75, 3.05) is 39.3 Å². The molecule has 0 aromatic heterocycles. The summed E-state index contributed by atoms with van der Waals surface area (Å²) in [6.45, 7) is 1.48. The van der Waals surface area contributed by atoms with Crippen LogP contribution in [0.25, 0.3) is 0 Å². The van der Waals surface area contributed by atoms with Crippen LogP contribution >= 0.6 is 0 Å². The average Bonchev–Trinajstić information content (AvgIpc) is 2.92. The van der Waals surface area contributed by atoms with Gasteiger partial charge in [0, 0.05) is 24.4 Å². The lowest BCUT2D eigenvalue weighted by atomic mass is 10.0. The second kappa shape index (κ2) is 6.66. The van der Waals surface area contributed by atoms with Crippen molar-refractivity contribution >= 4 is 9.84 Å². The molecule has 1 aromatic carbocycles. The van der Waals surface area contributed by atoms with Crippen molar-refractivity contribution in [2.24, 2.45) is 0 Å². The van der Waals surface area contributed by atoms with Gasteiger partial charge in [-0.1, -0.05) is 0 Å². The fourth-order valence-electron chi connectivity index (χ4n) is 2.83. The number of nitrogens with zero attached hydrogens (tertiary/aromatic N) is 1. The lowest BCUT2D eigenvalue weighted by molar-refractivity contribution is 0.264. The van der Waals surface area contributed by atoms with Crippen molar-refractivity contribution in [3.63, 3.8) is 0 Å². The van der Waals surface area contributed by atoms with E-state index in [9.17, 15) is 8.42 Å². The van der Waals surface area contributed by atoms with Gasteiger partial charge in [-0.25, -0.2) is 8.42 Å². The number of likely N-dealkylation sites (tertiary alicyclic amines) is 1. The highest BCUT2D eigenvalue weighted by molar-refractivity contribution is 7.90. The Morgan fingerprint density at radius 2 is 2.05 bits per heavy atom. The first-order valence-corrected chi connectivity index (χ1v) is 9.14. The molecule has 0 radical (unpaired) electrons. The summed E-state index contributed by atoms with van der Waals surface area (Å²) < 4.78 is 33.5. The first kappa shape index (κ1) is 16.1. The summed E-state index contributed by atoms with van der Waals surface area (Å²) in [7, 11) is 0.351. The molecule has 0 unspecified atom stereocenters. The third-order valence-corrected chi connectivity index (χ3v) is 4.83. The number of ether oxygens (including phenoxy) is 2. The van der Waals surface area contributed by atoms with Crippen molar-refractivity contribution in [3.05, 3.63) is 23.8 Å². The lowest BCUT2D eigenvalue weighted by Crippen LogP contribution is -2.29. The topological polar surface area (TPSA) is 55.8 Å². The molecule has 0 bridgehead atoms. The number of methoxy groups -OCH3 is 2. The Morgan fingerprint density at radius 1 is 1.29 bits per heavy atom. The van der Waals surface area contributed by atoms with Crippen molar-refractivity contribution in [1.82, 2.24) is 4.90 Å². The highest BCUT2D eigenvalue weighted by atomic mass is 32.2. The largest absolute Gasteiger partial charge is 0.497 e. The number of hydrogen-bond donors (Lipinski definition) is 0. The zero-order valence-electron chi connectivity index (χ0n) is 12.8. The maximum atomic E-state index is 11.4. The van der Waals surface area contributed by atoms with Gasteiger partial charge < -0.3 is 9.47 Å². The Morgan fingerprint density at radius 3 is 2.67 bits per heavy atom. The molecule has 1 aliphatic heterocycles. The molecule has 0 spiro atoms. The molecule has 21 heavy (non-hydrogen) atoms. The van der Waals surface area contributed by atoms with Crippen molar-refractivity contribution < 1.29 is 17.9 Å². The fraction of sp³-hybridized carbons (Fsp3) is 0.600. The molecule has 0 amide bonds. The van der Waals surface area contributed by atoms with Gasteiger partial charge >= 0.3 is 0 Å². The summed E-state index contributed by atoms with van der Waals surface area (Å²) in [4.78, 5) is 2.22. The van der Waals surface area contributed by atoms with Crippen LogP contribution in [0.4, 0.5) is 0 Å². The van der Waals surface area contributed by atoms with E-state index >= 15 is 0 Å². The first-order valence-electron chi connectivity index (χ1n) is 7.08. The van der Waals surface area contributed by atoms with Crippen molar-refractivity contribution in [2.45, 2.75) is 18.9 Å². The summed E-state index contributed by atoms with van der Waals surface area (Å²) in [5.74, 6) is 1.81. The Bertz CT molecular complexity index is 585. The molecule has 1 fully saturated rings. The molecule has 1 atom stereocenters. The van der Waals surface area contributed by atoms with Gasteiger partial charge in [0.05, 0.1) is 20.0 Å². The zero-order valence-corrected chi connectivity index (χ0v) is 13.6. The van der Waals surface area contributed by atoms with Gasteiger partial charge in [-0.05, 0) is 37.6 Å². The normalized spacial score (nSPS) is 19.7. The summed E-state index contributed by atoms with van der Waals surface area (Å²) >= 11 is 0. The SMILES string of the molecule is COc1ccc(OC)c([C@H]2CCCN2CCS(C)(=O)=O)c1. The van der Waals surface area contributed by atoms with Crippen LogP contribution in [0.2, 0.25) is 0 Å². The van der Waals surface area contributed by atoms with E-state index in [-0.39, 0.29) is 11.8 Å². The molecule has 0 saturated carbocycles. The van der Waals surface area contributed by atoms with Gasteiger partial charge in [0.1, 0.15) is 21.3 Å². The number of hydrogen-bond acceptors (Lipinski definition) is 5. The molecule has 1 heterocycles. The van der Waals surface area contributed by atoms with Gasteiger partial charge in [-0.15, -0.1) is 0 Å². The molecular weight excluding hydrogens is 290 g/mol. The summed E-state index contributed by atoms with van der Waals surface area (Å²) in [5, 5.41) is 0. The van der Waals surface area contributed by atoms with Gasteiger partial charge in [-0.2, -0.15) is 0 Å². The van der Waals surface area contributed by atoms with E-state index < -0.39 is 9.84 Å².